The van der Waals surface area contributed by atoms with Crippen molar-refractivity contribution in [3.05, 3.63) is 70.8 Å². The van der Waals surface area contributed by atoms with Gasteiger partial charge in [-0.15, -0.1) is 0 Å². The molecule has 0 saturated carbocycles. The number of methoxy groups -OCH3 is 2. The highest BCUT2D eigenvalue weighted by atomic mass is 16.5. The molecule has 2 rings (SSSR count). The molecule has 0 spiro atoms. The standard InChI is InChI=1S/2C14H20O2.H2O/c2*1-10(2)9-12-5-7-13(8-6-12)11(3)14(15)16-4;/h2*5-8,10-11H,9H2,1-4H3;1H2. The average Bonchev–Trinajstić information content (AvgIpc) is 2.77. The first-order chi connectivity index (χ1) is 15.1. The Bertz CT molecular complexity index is 751. The van der Waals surface area contributed by atoms with Crippen molar-refractivity contribution in [2.24, 2.45) is 11.8 Å². The minimum Gasteiger partial charge on any atom is -0.469 e. The van der Waals surface area contributed by atoms with Gasteiger partial charge in [0.25, 0.3) is 0 Å². The maximum atomic E-state index is 11.4. The van der Waals surface area contributed by atoms with Gasteiger partial charge in [0, 0.05) is 0 Å². The first-order valence-electron chi connectivity index (χ1n) is 11.4. The van der Waals surface area contributed by atoms with Gasteiger partial charge in [0.1, 0.15) is 0 Å². The lowest BCUT2D eigenvalue weighted by Gasteiger charge is -2.11. The molecule has 5 nitrogen and oxygen atoms in total. The zero-order valence-electron chi connectivity index (χ0n) is 21.5. The van der Waals surface area contributed by atoms with Crippen molar-refractivity contribution in [1.29, 1.82) is 0 Å². The third-order valence-corrected chi connectivity index (χ3v) is 5.36. The van der Waals surface area contributed by atoms with Crippen LogP contribution in [0.4, 0.5) is 0 Å². The predicted molar refractivity (Wildman–Crippen MR) is 134 cm³/mol. The molecule has 0 bridgehead atoms. The summed E-state index contributed by atoms with van der Waals surface area (Å²) in [4.78, 5) is 22.7. The van der Waals surface area contributed by atoms with E-state index in [0.717, 1.165) is 24.0 Å². The molecule has 2 unspecified atom stereocenters. The number of hydrogen-bond acceptors (Lipinski definition) is 4. The van der Waals surface area contributed by atoms with Crippen molar-refractivity contribution in [1.82, 2.24) is 0 Å². The smallest absolute Gasteiger partial charge is 0.312 e. The number of carbonyl (C=O) groups is 2. The summed E-state index contributed by atoms with van der Waals surface area (Å²) in [5.41, 5.74) is 4.66. The summed E-state index contributed by atoms with van der Waals surface area (Å²) in [5.74, 6) is 0.581. The van der Waals surface area contributed by atoms with Crippen LogP contribution in [0.25, 0.3) is 0 Å². The van der Waals surface area contributed by atoms with Gasteiger partial charge in [-0.3, -0.25) is 9.59 Å². The maximum Gasteiger partial charge on any atom is 0.312 e. The molecule has 2 atom stereocenters. The van der Waals surface area contributed by atoms with Crippen LogP contribution >= 0.6 is 0 Å². The Morgan fingerprint density at radius 1 is 0.606 bits per heavy atom. The number of carbonyl (C=O) groups excluding carboxylic acids is 2. The molecule has 0 heterocycles. The highest BCUT2D eigenvalue weighted by molar-refractivity contribution is 5.78. The van der Waals surface area contributed by atoms with Gasteiger partial charge >= 0.3 is 11.9 Å². The summed E-state index contributed by atoms with van der Waals surface area (Å²) in [6, 6.07) is 16.4. The van der Waals surface area contributed by atoms with E-state index in [9.17, 15) is 9.59 Å². The van der Waals surface area contributed by atoms with Crippen LogP contribution in [0.1, 0.15) is 75.6 Å². The van der Waals surface area contributed by atoms with E-state index in [-0.39, 0.29) is 29.3 Å². The van der Waals surface area contributed by atoms with E-state index >= 15 is 0 Å². The lowest BCUT2D eigenvalue weighted by atomic mass is 9.97. The molecule has 0 saturated heterocycles. The first-order valence-corrected chi connectivity index (χ1v) is 11.4. The minimum absolute atomic E-state index is 0. The second-order valence-corrected chi connectivity index (χ2v) is 9.17. The molecule has 5 heteroatoms. The van der Waals surface area contributed by atoms with E-state index in [0.29, 0.717) is 11.8 Å². The predicted octanol–water partition coefficient (Wildman–Crippen LogP) is 5.50. The average molecular weight is 459 g/mol. The topological polar surface area (TPSA) is 84.1 Å². The molecule has 0 fully saturated rings. The van der Waals surface area contributed by atoms with E-state index in [1.807, 2.05) is 38.1 Å². The number of benzene rings is 2. The molecule has 2 aromatic rings. The number of esters is 2. The molecular weight excluding hydrogens is 416 g/mol. The summed E-state index contributed by atoms with van der Waals surface area (Å²) in [6.45, 7) is 12.5. The molecular formula is C28H42O5. The van der Waals surface area contributed by atoms with Gasteiger partial charge in [0.05, 0.1) is 26.1 Å². The van der Waals surface area contributed by atoms with Gasteiger partial charge in [-0.1, -0.05) is 76.2 Å². The zero-order chi connectivity index (χ0) is 24.3. The summed E-state index contributed by atoms with van der Waals surface area (Å²) < 4.78 is 9.44. The molecule has 0 aliphatic rings. The third-order valence-electron chi connectivity index (χ3n) is 5.36. The number of ether oxygens (including phenoxy) is 2. The molecule has 0 aromatic heterocycles. The molecule has 184 valence electrons. The number of rotatable bonds is 8. The first kappa shape index (κ1) is 30.3. The summed E-state index contributed by atoms with van der Waals surface area (Å²) in [5, 5.41) is 0. The Morgan fingerprint density at radius 3 is 1.09 bits per heavy atom. The molecule has 0 aliphatic carbocycles. The summed E-state index contributed by atoms with van der Waals surface area (Å²) >= 11 is 0. The van der Waals surface area contributed by atoms with Gasteiger partial charge in [0.2, 0.25) is 0 Å². The van der Waals surface area contributed by atoms with Gasteiger partial charge in [-0.25, -0.2) is 0 Å². The highest BCUT2D eigenvalue weighted by Gasteiger charge is 2.16. The zero-order valence-corrected chi connectivity index (χ0v) is 21.5. The van der Waals surface area contributed by atoms with Crippen LogP contribution in [0.3, 0.4) is 0 Å². The van der Waals surface area contributed by atoms with E-state index in [4.69, 9.17) is 9.47 Å². The van der Waals surface area contributed by atoms with Gasteiger partial charge in [-0.2, -0.15) is 0 Å². The fourth-order valence-corrected chi connectivity index (χ4v) is 3.45. The molecule has 0 amide bonds. The van der Waals surface area contributed by atoms with E-state index in [2.05, 4.69) is 52.0 Å². The van der Waals surface area contributed by atoms with Crippen molar-refractivity contribution in [2.75, 3.05) is 14.2 Å². The van der Waals surface area contributed by atoms with Crippen LogP contribution in [0.2, 0.25) is 0 Å². The second-order valence-electron chi connectivity index (χ2n) is 9.17. The summed E-state index contributed by atoms with van der Waals surface area (Å²) in [7, 11) is 2.85. The minimum atomic E-state index is -0.184. The van der Waals surface area contributed by atoms with Crippen molar-refractivity contribution >= 4 is 11.9 Å². The van der Waals surface area contributed by atoms with Gasteiger partial charge in [-0.05, 0) is 60.8 Å². The van der Waals surface area contributed by atoms with Crippen molar-refractivity contribution < 1.29 is 24.5 Å². The maximum absolute atomic E-state index is 11.4. The molecule has 2 N–H and O–H groups in total. The van der Waals surface area contributed by atoms with E-state index < -0.39 is 0 Å². The van der Waals surface area contributed by atoms with Crippen molar-refractivity contribution in [3.63, 3.8) is 0 Å². The fraction of sp³-hybridized carbons (Fsp3) is 0.500. The lowest BCUT2D eigenvalue weighted by molar-refractivity contribution is -0.142. The Hall–Kier alpha value is -2.66. The Balaban J connectivity index is 0.000000602. The van der Waals surface area contributed by atoms with Crippen LogP contribution < -0.4 is 0 Å². The molecule has 33 heavy (non-hydrogen) atoms. The third kappa shape index (κ3) is 10.7. The molecule has 0 aliphatic heterocycles. The number of hydrogen-bond donors (Lipinski definition) is 0. The van der Waals surface area contributed by atoms with Crippen molar-refractivity contribution in [2.45, 2.75) is 66.2 Å². The second kappa shape index (κ2) is 15.2. The lowest BCUT2D eigenvalue weighted by Crippen LogP contribution is -2.10. The summed E-state index contributed by atoms with van der Waals surface area (Å²) in [6.07, 6.45) is 2.15. The van der Waals surface area contributed by atoms with Crippen LogP contribution in [0.15, 0.2) is 48.5 Å². The van der Waals surface area contributed by atoms with Gasteiger partial charge < -0.3 is 14.9 Å². The van der Waals surface area contributed by atoms with E-state index in [1.54, 1.807) is 0 Å². The van der Waals surface area contributed by atoms with Gasteiger partial charge in [0.15, 0.2) is 0 Å². The Labute approximate surface area is 199 Å². The SMILES string of the molecule is COC(=O)C(C)c1ccc(CC(C)C)cc1.COC(=O)C(C)c1ccc(CC(C)C)cc1.O. The van der Waals surface area contributed by atoms with Crippen LogP contribution in [-0.2, 0) is 31.9 Å². The van der Waals surface area contributed by atoms with Crippen LogP contribution in [-0.4, -0.2) is 31.6 Å². The Morgan fingerprint density at radius 2 is 0.879 bits per heavy atom. The van der Waals surface area contributed by atoms with Crippen LogP contribution in [0.5, 0.6) is 0 Å². The molecule has 2 aromatic carbocycles. The van der Waals surface area contributed by atoms with Crippen LogP contribution in [0, 0.1) is 11.8 Å². The fourth-order valence-electron chi connectivity index (χ4n) is 3.45. The monoisotopic (exact) mass is 458 g/mol. The largest absolute Gasteiger partial charge is 0.469 e. The highest BCUT2D eigenvalue weighted by Crippen LogP contribution is 2.19. The normalized spacial score (nSPS) is 12.2. The van der Waals surface area contributed by atoms with E-state index in [1.165, 1.54) is 25.3 Å². The quantitative estimate of drug-likeness (QED) is 0.489. The van der Waals surface area contributed by atoms with Crippen molar-refractivity contribution in [3.8, 4) is 0 Å². The Kier molecular flexibility index (Phi) is 14.0. The molecule has 0 radical (unpaired) electrons.